The first-order valence-corrected chi connectivity index (χ1v) is 3.78. The molecule has 0 aromatic rings. The zero-order valence-corrected chi connectivity index (χ0v) is 7.54. The SMILES string of the molecule is C=C/C(=N/C)N(/C=C\C)CC. The van der Waals surface area contributed by atoms with Gasteiger partial charge in [0.2, 0.25) is 0 Å². The molecular formula is C9H16N2. The highest BCUT2D eigenvalue weighted by Crippen LogP contribution is 1.93. The number of hydrogen-bond acceptors (Lipinski definition) is 1. The number of likely N-dealkylation sites (N-methyl/N-ethyl adjacent to an activating group) is 1. The van der Waals surface area contributed by atoms with E-state index in [1.54, 1.807) is 13.1 Å². The molecule has 0 radical (unpaired) electrons. The lowest BCUT2D eigenvalue weighted by molar-refractivity contribution is 0.591. The molecule has 0 heterocycles. The molecule has 0 spiro atoms. The number of nitrogens with zero attached hydrogens (tertiary/aromatic N) is 2. The quantitative estimate of drug-likeness (QED) is 0.446. The Kier molecular flexibility index (Phi) is 5.17. The van der Waals surface area contributed by atoms with Crippen molar-refractivity contribution in [1.29, 1.82) is 0 Å². The highest BCUT2D eigenvalue weighted by atomic mass is 15.2. The van der Waals surface area contributed by atoms with Gasteiger partial charge >= 0.3 is 0 Å². The lowest BCUT2D eigenvalue weighted by atomic mass is 10.4. The molecule has 0 atom stereocenters. The predicted octanol–water partition coefficient (Wildman–Crippen LogP) is 2.06. The van der Waals surface area contributed by atoms with Crippen LogP contribution in [0.5, 0.6) is 0 Å². The van der Waals surface area contributed by atoms with Gasteiger partial charge in [0.25, 0.3) is 0 Å². The van der Waals surface area contributed by atoms with Crippen LogP contribution < -0.4 is 0 Å². The molecule has 0 saturated carbocycles. The van der Waals surface area contributed by atoms with Crippen LogP contribution in [0.3, 0.4) is 0 Å². The summed E-state index contributed by atoms with van der Waals surface area (Å²) in [6.45, 7) is 8.66. The fourth-order valence-corrected chi connectivity index (χ4v) is 0.861. The van der Waals surface area contributed by atoms with E-state index < -0.39 is 0 Å². The average molecular weight is 152 g/mol. The first-order chi connectivity index (χ1) is 5.29. The van der Waals surface area contributed by atoms with E-state index in [0.717, 1.165) is 12.4 Å². The lowest BCUT2D eigenvalue weighted by Crippen LogP contribution is -2.23. The Morgan fingerprint density at radius 1 is 1.64 bits per heavy atom. The summed E-state index contributed by atoms with van der Waals surface area (Å²) < 4.78 is 0. The Bertz CT molecular complexity index is 168. The number of rotatable bonds is 3. The maximum atomic E-state index is 4.07. The third-order valence-corrected chi connectivity index (χ3v) is 1.38. The third kappa shape index (κ3) is 3.03. The van der Waals surface area contributed by atoms with E-state index in [0.29, 0.717) is 0 Å². The van der Waals surface area contributed by atoms with Crippen molar-refractivity contribution in [2.75, 3.05) is 13.6 Å². The second-order valence-electron chi connectivity index (χ2n) is 2.05. The molecule has 0 aromatic heterocycles. The van der Waals surface area contributed by atoms with Crippen LogP contribution in [0.2, 0.25) is 0 Å². The summed E-state index contributed by atoms with van der Waals surface area (Å²) in [6.07, 6.45) is 5.73. The minimum Gasteiger partial charge on any atom is -0.334 e. The maximum Gasteiger partial charge on any atom is 0.126 e. The van der Waals surface area contributed by atoms with E-state index in [2.05, 4.69) is 18.5 Å². The third-order valence-electron chi connectivity index (χ3n) is 1.38. The molecule has 0 aliphatic carbocycles. The van der Waals surface area contributed by atoms with Gasteiger partial charge in [0.05, 0.1) is 0 Å². The van der Waals surface area contributed by atoms with Gasteiger partial charge < -0.3 is 4.90 Å². The molecule has 11 heavy (non-hydrogen) atoms. The summed E-state index contributed by atoms with van der Waals surface area (Å²) in [7, 11) is 1.77. The Labute approximate surface area is 68.9 Å². The summed E-state index contributed by atoms with van der Waals surface area (Å²) in [4.78, 5) is 6.10. The zero-order valence-electron chi connectivity index (χ0n) is 7.54. The average Bonchev–Trinajstić information content (AvgIpc) is 2.05. The van der Waals surface area contributed by atoms with Crippen molar-refractivity contribution in [2.45, 2.75) is 13.8 Å². The topological polar surface area (TPSA) is 15.6 Å². The largest absolute Gasteiger partial charge is 0.334 e. The first kappa shape index (κ1) is 9.95. The predicted molar refractivity (Wildman–Crippen MR) is 50.8 cm³/mol. The van der Waals surface area contributed by atoms with E-state index in [-0.39, 0.29) is 0 Å². The number of hydrogen-bond donors (Lipinski definition) is 0. The minimum atomic E-state index is 0.908. The van der Waals surface area contributed by atoms with Crippen molar-refractivity contribution in [3.63, 3.8) is 0 Å². The van der Waals surface area contributed by atoms with Gasteiger partial charge in [-0.15, -0.1) is 0 Å². The van der Waals surface area contributed by atoms with Crippen LogP contribution >= 0.6 is 0 Å². The lowest BCUT2D eigenvalue weighted by Gasteiger charge is -2.16. The van der Waals surface area contributed by atoms with E-state index >= 15 is 0 Å². The second kappa shape index (κ2) is 5.71. The fraction of sp³-hybridized carbons (Fsp3) is 0.444. The molecule has 62 valence electrons. The Morgan fingerprint density at radius 3 is 2.55 bits per heavy atom. The van der Waals surface area contributed by atoms with E-state index in [1.807, 2.05) is 24.1 Å². The number of aliphatic imine (C=N–C) groups is 1. The van der Waals surface area contributed by atoms with Crippen molar-refractivity contribution in [1.82, 2.24) is 4.90 Å². The van der Waals surface area contributed by atoms with Gasteiger partial charge in [0.1, 0.15) is 5.84 Å². The van der Waals surface area contributed by atoms with E-state index in [1.165, 1.54) is 0 Å². The highest BCUT2D eigenvalue weighted by molar-refractivity contribution is 5.93. The van der Waals surface area contributed by atoms with Gasteiger partial charge in [-0.05, 0) is 19.9 Å². The van der Waals surface area contributed by atoms with Crippen molar-refractivity contribution >= 4 is 5.84 Å². The van der Waals surface area contributed by atoms with Crippen LogP contribution in [-0.4, -0.2) is 24.3 Å². The van der Waals surface area contributed by atoms with Gasteiger partial charge in [0, 0.05) is 19.8 Å². The van der Waals surface area contributed by atoms with Crippen LogP contribution in [0.15, 0.2) is 29.9 Å². The Morgan fingerprint density at radius 2 is 2.27 bits per heavy atom. The van der Waals surface area contributed by atoms with Crippen molar-refractivity contribution in [2.24, 2.45) is 4.99 Å². The Hall–Kier alpha value is -1.05. The fourth-order valence-electron chi connectivity index (χ4n) is 0.861. The molecule has 0 amide bonds. The standard InChI is InChI=1S/C9H16N2/c1-5-8-11(7-3)9(6-2)10-4/h5-6,8H,2,7H2,1,3-4H3/b8-5-,10-9-. The summed E-state index contributed by atoms with van der Waals surface area (Å²) >= 11 is 0. The molecule has 0 unspecified atom stereocenters. The van der Waals surface area contributed by atoms with E-state index in [4.69, 9.17) is 0 Å². The van der Waals surface area contributed by atoms with Crippen LogP contribution in [-0.2, 0) is 0 Å². The summed E-state index contributed by atoms with van der Waals surface area (Å²) in [5, 5.41) is 0. The van der Waals surface area contributed by atoms with Crippen LogP contribution in [0.1, 0.15) is 13.8 Å². The van der Waals surface area contributed by atoms with E-state index in [9.17, 15) is 0 Å². The second-order valence-corrected chi connectivity index (χ2v) is 2.05. The molecular weight excluding hydrogens is 136 g/mol. The van der Waals surface area contributed by atoms with Crippen molar-refractivity contribution < 1.29 is 0 Å². The molecule has 2 heteroatoms. The van der Waals surface area contributed by atoms with Gasteiger partial charge in [-0.1, -0.05) is 12.7 Å². The van der Waals surface area contributed by atoms with Gasteiger partial charge in [-0.2, -0.15) is 0 Å². The van der Waals surface area contributed by atoms with Gasteiger partial charge in [-0.3, -0.25) is 4.99 Å². The molecule has 0 fully saturated rings. The summed E-state index contributed by atoms with van der Waals surface area (Å²) in [6, 6.07) is 0. The van der Waals surface area contributed by atoms with Gasteiger partial charge in [-0.25, -0.2) is 0 Å². The van der Waals surface area contributed by atoms with Crippen molar-refractivity contribution in [3.8, 4) is 0 Å². The van der Waals surface area contributed by atoms with Crippen LogP contribution in [0.4, 0.5) is 0 Å². The van der Waals surface area contributed by atoms with Crippen LogP contribution in [0.25, 0.3) is 0 Å². The molecule has 0 bridgehead atoms. The number of amidine groups is 1. The monoisotopic (exact) mass is 152 g/mol. The zero-order chi connectivity index (χ0) is 8.69. The molecule has 0 aromatic carbocycles. The molecule has 0 aliphatic heterocycles. The molecule has 0 rings (SSSR count). The summed E-state index contributed by atoms with van der Waals surface area (Å²) in [5.41, 5.74) is 0. The van der Waals surface area contributed by atoms with Gasteiger partial charge in [0.15, 0.2) is 0 Å². The minimum absolute atomic E-state index is 0.908. The smallest absolute Gasteiger partial charge is 0.126 e. The first-order valence-electron chi connectivity index (χ1n) is 3.78. The molecule has 0 saturated heterocycles. The molecule has 0 aliphatic rings. The molecule has 0 N–H and O–H groups in total. The Balaban J connectivity index is 4.34. The number of allylic oxidation sites excluding steroid dienone is 1. The molecule has 2 nitrogen and oxygen atoms in total. The maximum absolute atomic E-state index is 4.07. The normalized spacial score (nSPS) is 12.1. The van der Waals surface area contributed by atoms with Crippen molar-refractivity contribution in [3.05, 3.63) is 24.9 Å². The highest BCUT2D eigenvalue weighted by Gasteiger charge is 1.98. The van der Waals surface area contributed by atoms with Crippen LogP contribution in [0, 0.1) is 0 Å². The summed E-state index contributed by atoms with van der Waals surface area (Å²) in [5.74, 6) is 0.908.